The Hall–Kier alpha value is -2.36. The Morgan fingerprint density at radius 2 is 1.68 bits per heavy atom. The number of benzene rings is 2. The lowest BCUT2D eigenvalue weighted by molar-refractivity contribution is 0.0503. The van der Waals surface area contributed by atoms with E-state index in [1.807, 2.05) is 24.3 Å². The van der Waals surface area contributed by atoms with Crippen molar-refractivity contribution in [2.75, 3.05) is 24.9 Å². The molecule has 0 aliphatic heterocycles. The molecule has 0 aliphatic rings. The summed E-state index contributed by atoms with van der Waals surface area (Å²) >= 11 is 5.39. The van der Waals surface area contributed by atoms with E-state index in [0.29, 0.717) is 23.9 Å². The summed E-state index contributed by atoms with van der Waals surface area (Å²) in [7, 11) is -1.69. The molecule has 0 aromatic heterocycles. The van der Waals surface area contributed by atoms with Crippen molar-refractivity contribution in [2.24, 2.45) is 0 Å². The van der Waals surface area contributed by atoms with Crippen molar-refractivity contribution < 1.29 is 17.9 Å². The Balaban J connectivity index is 1.93. The van der Waals surface area contributed by atoms with Gasteiger partial charge in [-0.2, -0.15) is 0 Å². The minimum absolute atomic E-state index is 0.0143. The molecule has 0 radical (unpaired) electrons. The molecular weight excluding hydrogens is 434 g/mol. The van der Waals surface area contributed by atoms with Crippen LogP contribution >= 0.6 is 12.2 Å². The molecule has 0 saturated heterocycles. The zero-order valence-electron chi connectivity index (χ0n) is 18.6. The maximum atomic E-state index is 11.3. The van der Waals surface area contributed by atoms with E-state index >= 15 is 0 Å². The number of hydrogen-bond donors (Lipinski definition) is 3. The monoisotopic (exact) mass is 465 g/mol. The third-order valence-electron chi connectivity index (χ3n) is 4.42. The van der Waals surface area contributed by atoms with Gasteiger partial charge in [0.05, 0.1) is 6.26 Å². The van der Waals surface area contributed by atoms with Crippen LogP contribution in [0.1, 0.15) is 37.5 Å². The molecule has 0 atom stereocenters. The van der Waals surface area contributed by atoms with Crippen molar-refractivity contribution in [3.05, 3.63) is 59.2 Å². The van der Waals surface area contributed by atoms with Crippen LogP contribution in [0.2, 0.25) is 0 Å². The maximum absolute atomic E-state index is 11.3. The first-order valence-corrected chi connectivity index (χ1v) is 12.1. The second-order valence-electron chi connectivity index (χ2n) is 8.23. The first-order valence-electron chi connectivity index (χ1n) is 9.81. The SMILES string of the molecule is COCOc1cc(C(C)(C)C)ccc1CNC(=S)NCc1ccc(NS(C)(=O)=O)cc1. The predicted molar refractivity (Wildman–Crippen MR) is 129 cm³/mol. The molecule has 2 aromatic carbocycles. The van der Waals surface area contributed by atoms with Crippen molar-refractivity contribution in [1.82, 2.24) is 10.6 Å². The van der Waals surface area contributed by atoms with Crippen LogP contribution in [-0.4, -0.2) is 33.7 Å². The van der Waals surface area contributed by atoms with Crippen molar-refractivity contribution in [3.63, 3.8) is 0 Å². The summed E-state index contributed by atoms with van der Waals surface area (Å²) < 4.78 is 35.8. The van der Waals surface area contributed by atoms with Gasteiger partial charge in [-0.05, 0) is 47.0 Å². The molecule has 9 heteroatoms. The lowest BCUT2D eigenvalue weighted by Gasteiger charge is -2.22. The van der Waals surface area contributed by atoms with E-state index in [1.54, 1.807) is 19.2 Å². The number of methoxy groups -OCH3 is 1. The third kappa shape index (κ3) is 8.72. The number of sulfonamides is 1. The summed E-state index contributed by atoms with van der Waals surface area (Å²) in [6.45, 7) is 7.66. The molecule has 0 amide bonds. The van der Waals surface area contributed by atoms with E-state index in [0.717, 1.165) is 23.1 Å². The summed E-state index contributed by atoms with van der Waals surface area (Å²) in [5.74, 6) is 0.763. The van der Waals surface area contributed by atoms with E-state index in [4.69, 9.17) is 21.7 Å². The van der Waals surface area contributed by atoms with E-state index in [2.05, 4.69) is 42.2 Å². The smallest absolute Gasteiger partial charge is 0.229 e. The van der Waals surface area contributed by atoms with Crippen LogP contribution < -0.4 is 20.1 Å². The molecule has 0 unspecified atom stereocenters. The summed E-state index contributed by atoms with van der Waals surface area (Å²) in [5, 5.41) is 6.86. The van der Waals surface area contributed by atoms with Gasteiger partial charge in [-0.3, -0.25) is 4.72 Å². The molecule has 0 saturated carbocycles. The second-order valence-corrected chi connectivity index (χ2v) is 10.4. The Bertz CT molecular complexity index is 985. The molecule has 0 bridgehead atoms. The maximum Gasteiger partial charge on any atom is 0.229 e. The van der Waals surface area contributed by atoms with E-state index in [-0.39, 0.29) is 12.2 Å². The standard InChI is InChI=1S/C22H31N3O4S2/c1-22(2,3)18-9-8-17(20(12-18)29-15-28-4)14-24-21(30)23-13-16-6-10-19(11-7-16)25-31(5,26)27/h6-12,25H,13-15H2,1-5H3,(H2,23,24,30). The van der Waals surface area contributed by atoms with Gasteiger partial charge in [0.2, 0.25) is 10.0 Å². The second kappa shape index (κ2) is 10.8. The number of hydrogen-bond acceptors (Lipinski definition) is 5. The van der Waals surface area contributed by atoms with Gasteiger partial charge in [-0.1, -0.05) is 45.0 Å². The van der Waals surface area contributed by atoms with Crippen LogP contribution in [0.25, 0.3) is 0 Å². The predicted octanol–water partition coefficient (Wildman–Crippen LogP) is 3.50. The fourth-order valence-electron chi connectivity index (χ4n) is 2.75. The first kappa shape index (κ1) is 24.9. The largest absolute Gasteiger partial charge is 0.467 e. The van der Waals surface area contributed by atoms with Gasteiger partial charge in [-0.15, -0.1) is 0 Å². The molecule has 2 rings (SSSR count). The van der Waals surface area contributed by atoms with Gasteiger partial charge in [0.25, 0.3) is 0 Å². The number of rotatable bonds is 9. The topological polar surface area (TPSA) is 88.7 Å². The number of ether oxygens (including phenoxy) is 2. The van der Waals surface area contributed by atoms with Crippen LogP contribution in [0.5, 0.6) is 5.75 Å². The van der Waals surface area contributed by atoms with Gasteiger partial charge in [0.15, 0.2) is 11.9 Å². The van der Waals surface area contributed by atoms with Crippen molar-refractivity contribution >= 4 is 33.0 Å². The van der Waals surface area contributed by atoms with Crippen LogP contribution in [0.3, 0.4) is 0 Å². The zero-order valence-corrected chi connectivity index (χ0v) is 20.2. The van der Waals surface area contributed by atoms with Gasteiger partial charge in [0, 0.05) is 31.5 Å². The Morgan fingerprint density at radius 1 is 1.03 bits per heavy atom. The normalized spacial score (nSPS) is 11.6. The van der Waals surface area contributed by atoms with Crippen LogP contribution in [0.4, 0.5) is 5.69 Å². The molecule has 7 nitrogen and oxygen atoms in total. The highest BCUT2D eigenvalue weighted by Crippen LogP contribution is 2.28. The molecule has 0 fully saturated rings. The average Bonchev–Trinajstić information content (AvgIpc) is 2.68. The Labute approximate surface area is 190 Å². The van der Waals surface area contributed by atoms with Crippen LogP contribution in [0, 0.1) is 0 Å². The molecule has 0 aliphatic carbocycles. The number of nitrogens with one attached hydrogen (secondary N) is 3. The zero-order chi connectivity index (χ0) is 23.1. The molecule has 0 heterocycles. The highest BCUT2D eigenvalue weighted by molar-refractivity contribution is 7.92. The lowest BCUT2D eigenvalue weighted by atomic mass is 9.86. The van der Waals surface area contributed by atoms with Crippen LogP contribution in [-0.2, 0) is 33.3 Å². The van der Waals surface area contributed by atoms with Gasteiger partial charge >= 0.3 is 0 Å². The van der Waals surface area contributed by atoms with E-state index in [9.17, 15) is 8.42 Å². The Kier molecular flexibility index (Phi) is 8.67. The van der Waals surface area contributed by atoms with E-state index in [1.165, 1.54) is 5.56 Å². The fourth-order valence-corrected chi connectivity index (χ4v) is 3.46. The Morgan fingerprint density at radius 3 is 2.26 bits per heavy atom. The molecule has 170 valence electrons. The molecular formula is C22H31N3O4S2. The highest BCUT2D eigenvalue weighted by atomic mass is 32.2. The summed E-state index contributed by atoms with van der Waals surface area (Å²) in [6, 6.07) is 13.3. The van der Waals surface area contributed by atoms with Crippen LogP contribution in [0.15, 0.2) is 42.5 Å². The fraction of sp³-hybridized carbons (Fsp3) is 0.409. The molecule has 3 N–H and O–H groups in total. The molecule has 2 aromatic rings. The van der Waals surface area contributed by atoms with Gasteiger partial charge in [0.1, 0.15) is 5.75 Å². The van der Waals surface area contributed by atoms with E-state index < -0.39 is 10.0 Å². The summed E-state index contributed by atoms with van der Waals surface area (Å²) in [4.78, 5) is 0. The van der Waals surface area contributed by atoms with Crippen molar-refractivity contribution in [3.8, 4) is 5.75 Å². The number of anilines is 1. The minimum atomic E-state index is -3.28. The molecule has 0 spiro atoms. The average molecular weight is 466 g/mol. The summed E-state index contributed by atoms with van der Waals surface area (Å²) in [6.07, 6.45) is 1.12. The molecule has 31 heavy (non-hydrogen) atoms. The van der Waals surface area contributed by atoms with Crippen molar-refractivity contribution in [1.29, 1.82) is 0 Å². The van der Waals surface area contributed by atoms with Crippen molar-refractivity contribution in [2.45, 2.75) is 39.3 Å². The third-order valence-corrected chi connectivity index (χ3v) is 5.31. The first-order chi connectivity index (χ1) is 14.5. The minimum Gasteiger partial charge on any atom is -0.467 e. The lowest BCUT2D eigenvalue weighted by Crippen LogP contribution is -2.34. The van der Waals surface area contributed by atoms with Gasteiger partial charge < -0.3 is 20.1 Å². The quantitative estimate of drug-likeness (QED) is 0.386. The summed E-state index contributed by atoms with van der Waals surface area (Å²) in [5.41, 5.74) is 3.67. The highest BCUT2D eigenvalue weighted by Gasteiger charge is 2.16. The van der Waals surface area contributed by atoms with Gasteiger partial charge in [-0.25, -0.2) is 8.42 Å². The number of thiocarbonyl (C=S) groups is 1.